The highest BCUT2D eigenvalue weighted by molar-refractivity contribution is 7.99. The maximum absolute atomic E-state index is 12.9. The summed E-state index contributed by atoms with van der Waals surface area (Å²) in [6, 6.07) is 26.2. The van der Waals surface area contributed by atoms with Crippen LogP contribution in [-0.4, -0.2) is 31.7 Å². The van der Waals surface area contributed by atoms with Gasteiger partial charge < -0.3 is 10.1 Å². The Hall–Kier alpha value is -3.25. The molecule has 0 unspecified atom stereocenters. The number of benzene rings is 3. The van der Waals surface area contributed by atoms with Crippen LogP contribution in [0.4, 0.5) is 10.5 Å². The molecule has 1 N–H and O–H groups in total. The molecule has 2 amide bonds. The average Bonchev–Trinajstić information content (AvgIpc) is 2.87. The number of unbranched alkanes of at least 4 members (excludes halogenated alkanes) is 1. The first-order valence-corrected chi connectivity index (χ1v) is 13.0. The fourth-order valence-electron chi connectivity index (χ4n) is 3.59. The van der Waals surface area contributed by atoms with Crippen LogP contribution in [0.5, 0.6) is 0 Å². The Morgan fingerprint density at radius 3 is 2.14 bits per heavy atom. The summed E-state index contributed by atoms with van der Waals surface area (Å²) in [5, 5.41) is 3.05. The topological polar surface area (TPSA) is 58.6 Å². The highest BCUT2D eigenvalue weighted by atomic mass is 32.2. The number of ether oxygens (including phenoxy) is 1. The minimum Gasteiger partial charge on any atom is -0.466 e. The Bertz CT molecular complexity index is 1050. The number of rotatable bonds is 12. The van der Waals surface area contributed by atoms with Crippen LogP contribution in [-0.2, 0) is 22.4 Å². The van der Waals surface area contributed by atoms with Crippen molar-refractivity contribution in [2.45, 2.75) is 49.3 Å². The fraction of sp³-hybridized carbons (Fsp3) is 0.310. The van der Waals surface area contributed by atoms with Crippen LogP contribution in [0.2, 0.25) is 0 Å². The van der Waals surface area contributed by atoms with Gasteiger partial charge in [0, 0.05) is 28.6 Å². The number of carbonyl (C=O) groups excluding carboxylic acids is 2. The molecule has 0 atom stereocenters. The summed E-state index contributed by atoms with van der Waals surface area (Å²) >= 11 is 1.65. The number of carbonyl (C=O) groups is 2. The second kappa shape index (κ2) is 14.2. The minimum atomic E-state index is -0.209. The van der Waals surface area contributed by atoms with Gasteiger partial charge in [-0.1, -0.05) is 67.6 Å². The number of urea groups is 1. The number of anilines is 1. The third-order valence-corrected chi connectivity index (χ3v) is 6.50. The van der Waals surface area contributed by atoms with Crippen LogP contribution in [0.3, 0.4) is 0 Å². The molecule has 0 aliphatic rings. The zero-order chi connectivity index (χ0) is 24.9. The van der Waals surface area contributed by atoms with Crippen molar-refractivity contribution >= 4 is 29.4 Å². The van der Waals surface area contributed by atoms with Crippen molar-refractivity contribution in [1.82, 2.24) is 5.32 Å². The lowest BCUT2D eigenvalue weighted by Gasteiger charge is -2.23. The van der Waals surface area contributed by atoms with E-state index in [1.54, 1.807) is 11.8 Å². The number of esters is 1. The van der Waals surface area contributed by atoms with Gasteiger partial charge in [0.05, 0.1) is 13.0 Å². The fourth-order valence-corrected chi connectivity index (χ4v) is 4.40. The Labute approximate surface area is 212 Å². The van der Waals surface area contributed by atoms with Gasteiger partial charge >= 0.3 is 12.0 Å². The molecule has 0 aromatic heterocycles. The zero-order valence-electron chi connectivity index (χ0n) is 20.5. The molecule has 0 saturated heterocycles. The first-order chi connectivity index (χ1) is 17.1. The summed E-state index contributed by atoms with van der Waals surface area (Å²) < 4.78 is 5.01. The van der Waals surface area contributed by atoms with Crippen LogP contribution in [0, 0.1) is 0 Å². The standard InChI is InChI=1S/C29H34N2O3S/c1-3-5-20-30-29(33)31(21-19-23-9-7-6-8-10-23)25-13-17-27(18-14-25)35-26-15-11-24(12-16-26)22-28(32)34-4-2/h6-18H,3-5,19-22H2,1-2H3,(H,30,33). The molecule has 0 spiro atoms. The Balaban J connectivity index is 1.65. The van der Waals surface area contributed by atoms with Gasteiger partial charge in [-0.2, -0.15) is 0 Å². The van der Waals surface area contributed by atoms with Crippen molar-refractivity contribution in [2.75, 3.05) is 24.6 Å². The molecule has 6 heteroatoms. The molecule has 3 aromatic rings. The SMILES string of the molecule is CCCCNC(=O)N(CCc1ccccc1)c1ccc(Sc2ccc(CC(=O)OCC)cc2)cc1. The summed E-state index contributed by atoms with van der Waals surface area (Å²) in [7, 11) is 0. The van der Waals surface area contributed by atoms with Gasteiger partial charge in [-0.25, -0.2) is 4.79 Å². The molecule has 0 bridgehead atoms. The Kier molecular flexibility index (Phi) is 10.7. The Morgan fingerprint density at radius 1 is 0.857 bits per heavy atom. The van der Waals surface area contributed by atoms with E-state index in [1.165, 1.54) is 5.56 Å². The predicted octanol–water partition coefficient (Wildman–Crippen LogP) is 6.50. The molecule has 3 rings (SSSR count). The molecule has 184 valence electrons. The van der Waals surface area contributed by atoms with Gasteiger partial charge in [0.2, 0.25) is 0 Å². The van der Waals surface area contributed by atoms with Gasteiger partial charge in [-0.15, -0.1) is 0 Å². The van der Waals surface area contributed by atoms with Crippen molar-refractivity contribution in [3.8, 4) is 0 Å². The van der Waals surface area contributed by atoms with Gasteiger partial charge in [-0.3, -0.25) is 9.69 Å². The van der Waals surface area contributed by atoms with E-state index in [0.717, 1.165) is 40.3 Å². The number of nitrogens with one attached hydrogen (secondary N) is 1. The molecule has 3 aromatic carbocycles. The molecular formula is C29H34N2O3S. The average molecular weight is 491 g/mol. The van der Waals surface area contributed by atoms with Gasteiger partial charge in [0.15, 0.2) is 0 Å². The summed E-state index contributed by atoms with van der Waals surface area (Å²) in [4.78, 5) is 28.6. The zero-order valence-corrected chi connectivity index (χ0v) is 21.4. The number of amides is 2. The molecule has 0 heterocycles. The number of hydrogen-bond acceptors (Lipinski definition) is 4. The van der Waals surface area contributed by atoms with Crippen LogP contribution < -0.4 is 10.2 Å². The largest absolute Gasteiger partial charge is 0.466 e. The van der Waals surface area contributed by atoms with E-state index in [0.29, 0.717) is 19.7 Å². The summed E-state index contributed by atoms with van der Waals surface area (Å²) in [6.07, 6.45) is 3.08. The van der Waals surface area contributed by atoms with Crippen LogP contribution in [0.1, 0.15) is 37.8 Å². The predicted molar refractivity (Wildman–Crippen MR) is 143 cm³/mol. The first kappa shape index (κ1) is 26.4. The van der Waals surface area contributed by atoms with Crippen LogP contribution in [0.15, 0.2) is 88.7 Å². The van der Waals surface area contributed by atoms with Crippen molar-refractivity contribution in [2.24, 2.45) is 0 Å². The lowest BCUT2D eigenvalue weighted by Crippen LogP contribution is -2.41. The molecule has 0 aliphatic carbocycles. The molecule has 35 heavy (non-hydrogen) atoms. The molecular weight excluding hydrogens is 456 g/mol. The van der Waals surface area contributed by atoms with E-state index in [-0.39, 0.29) is 18.4 Å². The monoisotopic (exact) mass is 490 g/mol. The molecule has 0 aliphatic heterocycles. The van der Waals surface area contributed by atoms with Crippen molar-refractivity contribution in [3.63, 3.8) is 0 Å². The molecule has 0 saturated carbocycles. The second-order valence-electron chi connectivity index (χ2n) is 8.19. The maximum atomic E-state index is 12.9. The van der Waals surface area contributed by atoms with E-state index in [2.05, 4.69) is 24.4 Å². The molecule has 0 fully saturated rings. The third kappa shape index (κ3) is 8.80. The molecule has 0 radical (unpaired) electrons. The van der Waals surface area contributed by atoms with E-state index in [9.17, 15) is 9.59 Å². The van der Waals surface area contributed by atoms with Crippen molar-refractivity contribution in [3.05, 3.63) is 90.0 Å². The van der Waals surface area contributed by atoms with Crippen LogP contribution in [0.25, 0.3) is 0 Å². The summed E-state index contributed by atoms with van der Waals surface area (Å²) in [5.74, 6) is -0.209. The van der Waals surface area contributed by atoms with Gasteiger partial charge in [0.1, 0.15) is 0 Å². The van der Waals surface area contributed by atoms with E-state index in [4.69, 9.17) is 4.74 Å². The van der Waals surface area contributed by atoms with Crippen molar-refractivity contribution in [1.29, 1.82) is 0 Å². The number of nitrogens with zero attached hydrogens (tertiary/aromatic N) is 1. The minimum absolute atomic E-state index is 0.0630. The highest BCUT2D eigenvalue weighted by Gasteiger charge is 2.15. The smallest absolute Gasteiger partial charge is 0.321 e. The van der Waals surface area contributed by atoms with E-state index < -0.39 is 0 Å². The van der Waals surface area contributed by atoms with Gasteiger partial charge in [0.25, 0.3) is 0 Å². The lowest BCUT2D eigenvalue weighted by molar-refractivity contribution is -0.142. The summed E-state index contributed by atoms with van der Waals surface area (Å²) in [6.45, 7) is 5.61. The third-order valence-electron chi connectivity index (χ3n) is 5.48. The van der Waals surface area contributed by atoms with E-state index in [1.807, 2.05) is 78.6 Å². The highest BCUT2D eigenvalue weighted by Crippen LogP contribution is 2.29. The summed E-state index contributed by atoms with van der Waals surface area (Å²) in [5.41, 5.74) is 3.02. The normalized spacial score (nSPS) is 10.6. The van der Waals surface area contributed by atoms with Crippen molar-refractivity contribution < 1.29 is 14.3 Å². The molecule has 5 nitrogen and oxygen atoms in total. The first-order valence-electron chi connectivity index (χ1n) is 12.2. The quantitative estimate of drug-likeness (QED) is 0.232. The number of hydrogen-bond donors (Lipinski definition) is 1. The second-order valence-corrected chi connectivity index (χ2v) is 9.34. The lowest BCUT2D eigenvalue weighted by atomic mass is 10.1. The van der Waals surface area contributed by atoms with E-state index >= 15 is 0 Å². The Morgan fingerprint density at radius 2 is 1.51 bits per heavy atom. The van der Waals surface area contributed by atoms with Gasteiger partial charge in [-0.05, 0) is 67.3 Å². The van der Waals surface area contributed by atoms with Crippen LogP contribution >= 0.6 is 11.8 Å². The maximum Gasteiger partial charge on any atom is 0.321 e.